The highest BCUT2D eigenvalue weighted by Crippen LogP contribution is 2.22. The van der Waals surface area contributed by atoms with Crippen molar-refractivity contribution in [3.63, 3.8) is 0 Å². The number of nitrogens with zero attached hydrogens (tertiary/aromatic N) is 2. The van der Waals surface area contributed by atoms with Gasteiger partial charge >= 0.3 is 5.97 Å². The summed E-state index contributed by atoms with van der Waals surface area (Å²) in [5.41, 5.74) is 0.820. The number of ether oxygens (including phenoxy) is 1. The van der Waals surface area contributed by atoms with Crippen molar-refractivity contribution in [3.05, 3.63) is 29.8 Å². The van der Waals surface area contributed by atoms with Gasteiger partial charge in [0.25, 0.3) is 0 Å². The lowest BCUT2D eigenvalue weighted by Crippen LogP contribution is -2.26. The quantitative estimate of drug-likeness (QED) is 0.316. The molecule has 0 aliphatic carbocycles. The van der Waals surface area contributed by atoms with Crippen LogP contribution in [0.4, 0.5) is 0 Å². The lowest BCUT2D eigenvalue weighted by Gasteiger charge is -2.04. The molecule has 7 nitrogen and oxygen atoms in total. The topological polar surface area (TPSA) is 100 Å². The van der Waals surface area contributed by atoms with E-state index in [0.29, 0.717) is 17.7 Å². The van der Waals surface area contributed by atoms with E-state index in [2.05, 4.69) is 15.5 Å². The molecule has 1 heterocycles. The number of hydrogen-bond donors (Lipinski definition) is 2. The fourth-order valence-corrected chi connectivity index (χ4v) is 2.81. The Balaban J connectivity index is 1.87. The smallest absolute Gasteiger partial charge is 0.305 e. The highest BCUT2D eigenvalue weighted by molar-refractivity contribution is 8.15. The van der Waals surface area contributed by atoms with Gasteiger partial charge in [0, 0.05) is 5.88 Å². The van der Waals surface area contributed by atoms with Crippen LogP contribution in [-0.4, -0.2) is 46.1 Å². The lowest BCUT2D eigenvalue weighted by molar-refractivity contribution is -0.138. The first-order chi connectivity index (χ1) is 11.6. The summed E-state index contributed by atoms with van der Waals surface area (Å²) < 4.78 is 5.49. The van der Waals surface area contributed by atoms with E-state index in [4.69, 9.17) is 21.4 Å². The summed E-state index contributed by atoms with van der Waals surface area (Å²) in [5, 5.41) is 18.6. The predicted octanol–water partition coefficient (Wildman–Crippen LogP) is 2.09. The van der Waals surface area contributed by atoms with Gasteiger partial charge in [0.15, 0.2) is 5.17 Å². The van der Waals surface area contributed by atoms with Crippen LogP contribution in [0.5, 0.6) is 5.75 Å². The number of halogens is 1. The SMILES string of the molecule is O=C(O)CC1SC(=NN=Cc2ccc(OCCCCl)cc2)NC1=O. The number of alkyl halides is 1. The minimum atomic E-state index is -1.03. The van der Waals surface area contributed by atoms with Gasteiger partial charge in [0.2, 0.25) is 5.91 Å². The maximum atomic E-state index is 11.5. The molecule has 9 heteroatoms. The van der Waals surface area contributed by atoms with E-state index in [-0.39, 0.29) is 12.3 Å². The number of carbonyl (C=O) groups excluding carboxylic acids is 1. The molecular weight excluding hydrogens is 354 g/mol. The Bertz CT molecular complexity index is 649. The first kappa shape index (κ1) is 18.3. The number of aliphatic carboxylic acids is 1. The lowest BCUT2D eigenvalue weighted by atomic mass is 10.2. The van der Waals surface area contributed by atoms with E-state index in [9.17, 15) is 9.59 Å². The van der Waals surface area contributed by atoms with Gasteiger partial charge in [-0.05, 0) is 36.2 Å². The van der Waals surface area contributed by atoms with E-state index in [0.717, 1.165) is 29.5 Å². The monoisotopic (exact) mass is 369 g/mol. The third-order valence-corrected chi connectivity index (χ3v) is 4.26. The number of carbonyl (C=O) groups is 2. The predicted molar refractivity (Wildman–Crippen MR) is 94.1 cm³/mol. The summed E-state index contributed by atoms with van der Waals surface area (Å²) >= 11 is 6.64. The number of amides is 1. The van der Waals surface area contributed by atoms with Crippen LogP contribution in [-0.2, 0) is 9.59 Å². The number of hydrogen-bond acceptors (Lipinski definition) is 6. The summed E-state index contributed by atoms with van der Waals surface area (Å²) in [4.78, 5) is 22.2. The van der Waals surface area contributed by atoms with E-state index in [1.165, 1.54) is 6.21 Å². The third-order valence-electron chi connectivity index (χ3n) is 2.92. The molecule has 0 aromatic heterocycles. The Morgan fingerprint density at radius 1 is 1.42 bits per heavy atom. The second-order valence-electron chi connectivity index (χ2n) is 4.80. The van der Waals surface area contributed by atoms with Crippen molar-refractivity contribution in [2.45, 2.75) is 18.1 Å². The number of benzene rings is 1. The van der Waals surface area contributed by atoms with Crippen molar-refractivity contribution in [1.29, 1.82) is 0 Å². The first-order valence-corrected chi connectivity index (χ1v) is 8.59. The molecule has 2 rings (SSSR count). The van der Waals surface area contributed by atoms with Crippen molar-refractivity contribution >= 4 is 46.6 Å². The first-order valence-electron chi connectivity index (χ1n) is 7.17. The van der Waals surface area contributed by atoms with Gasteiger partial charge < -0.3 is 15.2 Å². The van der Waals surface area contributed by atoms with Crippen LogP contribution in [0.15, 0.2) is 34.5 Å². The number of amidine groups is 1. The Kier molecular flexibility index (Phi) is 7.07. The van der Waals surface area contributed by atoms with E-state index < -0.39 is 11.2 Å². The zero-order chi connectivity index (χ0) is 17.4. The van der Waals surface area contributed by atoms with Crippen molar-refractivity contribution in [3.8, 4) is 5.75 Å². The van der Waals surface area contributed by atoms with E-state index in [1.807, 2.05) is 24.3 Å². The number of rotatable bonds is 8. The number of thioether (sulfide) groups is 1. The van der Waals surface area contributed by atoms with Gasteiger partial charge in [-0.15, -0.1) is 16.7 Å². The molecule has 128 valence electrons. The average molecular weight is 370 g/mol. The Labute approximate surface area is 148 Å². The molecule has 0 spiro atoms. The van der Waals surface area contributed by atoms with Crippen LogP contribution in [0.2, 0.25) is 0 Å². The molecule has 0 saturated carbocycles. The van der Waals surface area contributed by atoms with E-state index >= 15 is 0 Å². The van der Waals surface area contributed by atoms with Gasteiger partial charge in [-0.3, -0.25) is 9.59 Å². The zero-order valence-electron chi connectivity index (χ0n) is 12.6. The molecule has 1 aromatic carbocycles. The third kappa shape index (κ3) is 5.86. The van der Waals surface area contributed by atoms with Gasteiger partial charge in [0.05, 0.1) is 19.2 Å². The number of carboxylic acid groups (broad SMARTS) is 1. The van der Waals surface area contributed by atoms with Crippen LogP contribution in [0.25, 0.3) is 0 Å². The average Bonchev–Trinajstić information content (AvgIpc) is 2.88. The van der Waals surface area contributed by atoms with Gasteiger partial charge in [-0.2, -0.15) is 5.10 Å². The highest BCUT2D eigenvalue weighted by Gasteiger charge is 2.32. The van der Waals surface area contributed by atoms with Crippen molar-refractivity contribution in [2.75, 3.05) is 12.5 Å². The van der Waals surface area contributed by atoms with Crippen LogP contribution in [0.1, 0.15) is 18.4 Å². The molecule has 2 N–H and O–H groups in total. The normalized spacial score (nSPS) is 19.0. The molecule has 1 aliphatic rings. The van der Waals surface area contributed by atoms with E-state index in [1.54, 1.807) is 0 Å². The summed E-state index contributed by atoms with van der Waals surface area (Å²) in [6.45, 7) is 0.568. The standard InChI is InChI=1S/C15H16ClN3O4S/c16-6-1-7-23-11-4-2-10(3-5-11)9-17-19-15-18-14(22)12(24-15)8-13(20)21/h2-5,9,12H,1,6-8H2,(H,20,21)(H,18,19,22). The largest absolute Gasteiger partial charge is 0.494 e. The summed E-state index contributed by atoms with van der Waals surface area (Å²) in [6.07, 6.45) is 2.08. The number of nitrogens with one attached hydrogen (secondary N) is 1. The minimum Gasteiger partial charge on any atom is -0.494 e. The molecule has 1 aromatic rings. The fourth-order valence-electron chi connectivity index (χ4n) is 1.79. The zero-order valence-corrected chi connectivity index (χ0v) is 14.2. The molecule has 1 fully saturated rings. The Morgan fingerprint density at radius 2 is 2.17 bits per heavy atom. The molecule has 1 saturated heterocycles. The molecule has 0 bridgehead atoms. The summed E-state index contributed by atoms with van der Waals surface area (Å²) in [6, 6.07) is 7.29. The summed E-state index contributed by atoms with van der Waals surface area (Å²) in [7, 11) is 0. The fraction of sp³-hybridized carbons (Fsp3) is 0.333. The Hall–Kier alpha value is -2.06. The molecular formula is C15H16ClN3O4S. The molecule has 1 unspecified atom stereocenters. The van der Waals surface area contributed by atoms with Gasteiger partial charge in [-0.25, -0.2) is 0 Å². The summed E-state index contributed by atoms with van der Waals surface area (Å²) in [5.74, 6) is -0.0818. The van der Waals surface area contributed by atoms with Crippen molar-refractivity contribution in [2.24, 2.45) is 10.2 Å². The van der Waals surface area contributed by atoms with Crippen LogP contribution >= 0.6 is 23.4 Å². The maximum absolute atomic E-state index is 11.5. The maximum Gasteiger partial charge on any atom is 0.305 e. The second kappa shape index (κ2) is 9.29. The van der Waals surface area contributed by atoms with Gasteiger partial charge in [0.1, 0.15) is 11.0 Å². The molecule has 24 heavy (non-hydrogen) atoms. The van der Waals surface area contributed by atoms with Crippen molar-refractivity contribution in [1.82, 2.24) is 5.32 Å². The highest BCUT2D eigenvalue weighted by atomic mass is 35.5. The van der Waals surface area contributed by atoms with Crippen molar-refractivity contribution < 1.29 is 19.4 Å². The van der Waals surface area contributed by atoms with Crippen LogP contribution in [0, 0.1) is 0 Å². The molecule has 1 atom stereocenters. The Morgan fingerprint density at radius 3 is 2.83 bits per heavy atom. The molecule has 1 aliphatic heterocycles. The molecule has 1 amide bonds. The van der Waals surface area contributed by atoms with Crippen LogP contribution in [0.3, 0.4) is 0 Å². The number of carboxylic acids is 1. The van der Waals surface area contributed by atoms with Crippen LogP contribution < -0.4 is 10.1 Å². The molecule has 0 radical (unpaired) electrons. The van der Waals surface area contributed by atoms with Gasteiger partial charge in [-0.1, -0.05) is 11.8 Å². The second-order valence-corrected chi connectivity index (χ2v) is 6.37. The minimum absolute atomic E-state index is 0.246.